The van der Waals surface area contributed by atoms with Crippen LogP contribution in [0.3, 0.4) is 0 Å². The summed E-state index contributed by atoms with van der Waals surface area (Å²) in [5.74, 6) is 0.536. The van der Waals surface area contributed by atoms with E-state index in [1.165, 1.54) is 0 Å². The summed E-state index contributed by atoms with van der Waals surface area (Å²) in [5.41, 5.74) is 2.77. The summed E-state index contributed by atoms with van der Waals surface area (Å²) in [5, 5.41) is 8.01. The summed E-state index contributed by atoms with van der Waals surface area (Å²) < 4.78 is 36.0. The van der Waals surface area contributed by atoms with E-state index >= 15 is 0 Å². The number of benzene rings is 4. The Labute approximate surface area is 236 Å². The van der Waals surface area contributed by atoms with Gasteiger partial charge in [-0.05, 0) is 28.6 Å². The topological polar surface area (TPSA) is 96.5 Å². The number of nitrogens with one attached hydrogen (secondary N) is 3. The molecule has 3 N–H and O–H groups in total. The van der Waals surface area contributed by atoms with E-state index in [4.69, 9.17) is 4.74 Å². The average Bonchev–Trinajstić information content (AvgIpc) is 2.95. The van der Waals surface area contributed by atoms with E-state index in [0.29, 0.717) is 24.5 Å². The molecule has 1 aliphatic heterocycles. The average molecular weight is 558 g/mol. The Morgan fingerprint density at radius 3 is 2.50 bits per heavy atom. The van der Waals surface area contributed by atoms with Gasteiger partial charge in [-0.25, -0.2) is 13.1 Å². The smallest absolute Gasteiger partial charge is 0.241 e. The highest BCUT2D eigenvalue weighted by molar-refractivity contribution is 7.89. The molecule has 2 atom stereocenters. The third-order valence-electron chi connectivity index (χ3n) is 7.10. The molecule has 40 heavy (non-hydrogen) atoms. The SMILES string of the molecule is CC(C)NCc1ccc2c(c1)OCCC2NC(=O)CC(NS(=O)(=O)c1cccc2ccccc12)c1ccccc1. The van der Waals surface area contributed by atoms with E-state index in [-0.39, 0.29) is 23.3 Å². The molecular weight excluding hydrogens is 522 g/mol. The van der Waals surface area contributed by atoms with Gasteiger partial charge in [-0.3, -0.25) is 4.79 Å². The van der Waals surface area contributed by atoms with E-state index in [0.717, 1.165) is 34.4 Å². The van der Waals surface area contributed by atoms with E-state index in [9.17, 15) is 13.2 Å². The number of carbonyl (C=O) groups is 1. The Hall–Kier alpha value is -3.72. The highest BCUT2D eigenvalue weighted by Gasteiger charge is 2.28. The largest absolute Gasteiger partial charge is 0.493 e. The monoisotopic (exact) mass is 557 g/mol. The van der Waals surface area contributed by atoms with Crippen molar-refractivity contribution in [2.45, 2.75) is 56.3 Å². The van der Waals surface area contributed by atoms with Crippen molar-refractivity contribution in [1.82, 2.24) is 15.4 Å². The van der Waals surface area contributed by atoms with Crippen LogP contribution in [0.1, 0.15) is 55.5 Å². The molecule has 8 heteroatoms. The Morgan fingerprint density at radius 1 is 0.950 bits per heavy atom. The molecule has 1 heterocycles. The first-order valence-electron chi connectivity index (χ1n) is 13.6. The second-order valence-corrected chi connectivity index (χ2v) is 12.1. The molecule has 0 spiro atoms. The molecule has 7 nitrogen and oxygen atoms in total. The summed E-state index contributed by atoms with van der Waals surface area (Å²) in [6.07, 6.45) is 0.594. The number of sulfonamides is 1. The fourth-order valence-electron chi connectivity index (χ4n) is 5.05. The van der Waals surface area contributed by atoms with Gasteiger partial charge in [0.25, 0.3) is 0 Å². The van der Waals surface area contributed by atoms with Crippen LogP contribution in [0.2, 0.25) is 0 Å². The number of hydrogen-bond acceptors (Lipinski definition) is 5. The van der Waals surface area contributed by atoms with Crippen LogP contribution in [0.4, 0.5) is 0 Å². The number of amides is 1. The molecule has 0 fully saturated rings. The van der Waals surface area contributed by atoms with Crippen LogP contribution < -0.4 is 20.1 Å². The first-order valence-corrected chi connectivity index (χ1v) is 15.1. The summed E-state index contributed by atoms with van der Waals surface area (Å²) >= 11 is 0. The molecule has 0 radical (unpaired) electrons. The molecule has 0 bridgehead atoms. The summed E-state index contributed by atoms with van der Waals surface area (Å²) in [6.45, 7) is 5.44. The molecule has 0 saturated heterocycles. The summed E-state index contributed by atoms with van der Waals surface area (Å²) in [7, 11) is -3.93. The van der Waals surface area contributed by atoms with E-state index in [1.807, 2.05) is 72.8 Å². The summed E-state index contributed by atoms with van der Waals surface area (Å²) in [4.78, 5) is 13.6. The van der Waals surface area contributed by atoms with Crippen LogP contribution in [0, 0.1) is 0 Å². The van der Waals surface area contributed by atoms with Crippen LogP contribution in [0.5, 0.6) is 5.75 Å². The molecule has 2 unspecified atom stereocenters. The van der Waals surface area contributed by atoms with Crippen molar-refractivity contribution in [2.24, 2.45) is 0 Å². The number of ether oxygens (including phenoxy) is 1. The third-order valence-corrected chi connectivity index (χ3v) is 8.62. The predicted octanol–water partition coefficient (Wildman–Crippen LogP) is 5.39. The summed E-state index contributed by atoms with van der Waals surface area (Å²) in [6, 6.07) is 27.3. The second kappa shape index (κ2) is 12.2. The fraction of sp³-hybridized carbons (Fsp3) is 0.281. The molecule has 4 aromatic rings. The van der Waals surface area contributed by atoms with Gasteiger partial charge in [0.2, 0.25) is 15.9 Å². The van der Waals surface area contributed by atoms with E-state index in [2.05, 4.69) is 29.2 Å². The van der Waals surface area contributed by atoms with Gasteiger partial charge in [-0.15, -0.1) is 0 Å². The van der Waals surface area contributed by atoms with Crippen molar-refractivity contribution >= 4 is 26.7 Å². The molecule has 0 saturated carbocycles. The lowest BCUT2D eigenvalue weighted by Crippen LogP contribution is -2.36. The maximum atomic E-state index is 13.6. The highest BCUT2D eigenvalue weighted by Crippen LogP contribution is 2.33. The number of hydrogen-bond donors (Lipinski definition) is 3. The van der Waals surface area contributed by atoms with Crippen LogP contribution in [0.15, 0.2) is 95.9 Å². The quantitative estimate of drug-likeness (QED) is 0.243. The van der Waals surface area contributed by atoms with Gasteiger partial charge in [0.05, 0.1) is 23.6 Å². The third kappa shape index (κ3) is 6.53. The molecule has 1 amide bonds. The van der Waals surface area contributed by atoms with Crippen LogP contribution in [-0.2, 0) is 21.4 Å². The lowest BCUT2D eigenvalue weighted by atomic mass is 9.97. The van der Waals surface area contributed by atoms with E-state index in [1.54, 1.807) is 18.2 Å². The molecule has 5 rings (SSSR count). The highest BCUT2D eigenvalue weighted by atomic mass is 32.2. The lowest BCUT2D eigenvalue weighted by molar-refractivity contribution is -0.122. The van der Waals surface area contributed by atoms with Crippen LogP contribution in [-0.4, -0.2) is 27.0 Å². The molecule has 4 aromatic carbocycles. The van der Waals surface area contributed by atoms with Crippen molar-refractivity contribution in [3.05, 3.63) is 108 Å². The zero-order valence-corrected chi connectivity index (χ0v) is 23.6. The van der Waals surface area contributed by atoms with E-state index < -0.39 is 16.1 Å². The molecule has 0 aliphatic carbocycles. The Balaban J connectivity index is 1.35. The van der Waals surface area contributed by atoms with Gasteiger partial charge >= 0.3 is 0 Å². The molecule has 0 aromatic heterocycles. The van der Waals surface area contributed by atoms with Crippen molar-refractivity contribution in [1.29, 1.82) is 0 Å². The first-order chi connectivity index (χ1) is 19.3. The zero-order valence-electron chi connectivity index (χ0n) is 22.8. The van der Waals surface area contributed by atoms with Gasteiger partial charge in [0, 0.05) is 36.4 Å². The van der Waals surface area contributed by atoms with Crippen molar-refractivity contribution in [2.75, 3.05) is 6.61 Å². The number of fused-ring (bicyclic) bond motifs is 2. The minimum atomic E-state index is -3.93. The van der Waals surface area contributed by atoms with Gasteiger partial charge in [0.15, 0.2) is 0 Å². The first kappa shape index (κ1) is 27.8. The normalized spacial score (nSPS) is 15.8. The minimum absolute atomic E-state index is 0.0446. The second-order valence-electron chi connectivity index (χ2n) is 10.4. The Kier molecular flexibility index (Phi) is 8.49. The van der Waals surface area contributed by atoms with Crippen molar-refractivity contribution in [3.8, 4) is 5.75 Å². The van der Waals surface area contributed by atoms with Crippen molar-refractivity contribution < 1.29 is 17.9 Å². The lowest BCUT2D eigenvalue weighted by Gasteiger charge is -2.28. The predicted molar refractivity (Wildman–Crippen MR) is 157 cm³/mol. The molecule has 1 aliphatic rings. The number of rotatable bonds is 10. The van der Waals surface area contributed by atoms with Crippen molar-refractivity contribution in [3.63, 3.8) is 0 Å². The molecule has 208 valence electrons. The number of carbonyl (C=O) groups excluding carboxylic acids is 1. The van der Waals surface area contributed by atoms with Crippen LogP contribution in [0.25, 0.3) is 10.8 Å². The minimum Gasteiger partial charge on any atom is -0.493 e. The maximum absolute atomic E-state index is 13.6. The maximum Gasteiger partial charge on any atom is 0.241 e. The standard InChI is InChI=1S/C32H35N3O4S/c1-22(2)33-21-23-15-16-27-28(17-18-39-30(27)19-23)34-32(36)20-29(25-10-4-3-5-11-25)35-40(37,38)31-14-8-12-24-9-6-7-13-26(24)31/h3-16,19,22,28-29,33,35H,17-18,20-21H2,1-2H3,(H,34,36). The van der Waals surface area contributed by atoms with Gasteiger partial charge < -0.3 is 15.4 Å². The Morgan fingerprint density at radius 2 is 1.70 bits per heavy atom. The Bertz CT molecular complexity index is 1580. The zero-order chi connectivity index (χ0) is 28.1. The van der Waals surface area contributed by atoms with Gasteiger partial charge in [-0.1, -0.05) is 92.7 Å². The van der Waals surface area contributed by atoms with Gasteiger partial charge in [0.1, 0.15) is 5.75 Å². The van der Waals surface area contributed by atoms with Gasteiger partial charge in [-0.2, -0.15) is 0 Å². The molecular formula is C32H35N3O4S. The van der Waals surface area contributed by atoms with Crippen LogP contribution >= 0.6 is 0 Å². The fourth-order valence-corrected chi connectivity index (χ4v) is 6.50.